The van der Waals surface area contributed by atoms with E-state index in [9.17, 15) is 19.4 Å². The van der Waals surface area contributed by atoms with Crippen LogP contribution < -0.4 is 10.2 Å². The first-order valence-electron chi connectivity index (χ1n) is 30.8. The van der Waals surface area contributed by atoms with Gasteiger partial charge >= 0.3 is 0 Å². The highest BCUT2D eigenvalue weighted by Crippen LogP contribution is 2.38. The molecule has 0 rings (SSSR count). The fraction of sp³-hybridized carbons (Fsp3) is 0.609. The number of hydrogen-bond acceptors (Lipinski definition) is 6. The lowest BCUT2D eigenvalue weighted by Gasteiger charge is -2.29. The van der Waals surface area contributed by atoms with Crippen molar-refractivity contribution >= 4 is 13.7 Å². The molecule has 0 aromatic rings. The summed E-state index contributed by atoms with van der Waals surface area (Å²) in [6.07, 6.45) is 90.5. The molecule has 0 saturated carbocycles. The summed E-state index contributed by atoms with van der Waals surface area (Å²) in [5.41, 5.74) is 0. The lowest BCUT2D eigenvalue weighted by molar-refractivity contribution is -0.870. The molecular weight excluding hydrogens is 984 g/mol. The summed E-state index contributed by atoms with van der Waals surface area (Å²) >= 11 is 0. The number of allylic oxidation sites excluding steroid dienone is 25. The van der Waals surface area contributed by atoms with Crippen molar-refractivity contribution in [3.8, 4) is 0 Å². The highest BCUT2D eigenvalue weighted by Gasteiger charge is 2.23. The number of phosphoric acid groups is 1. The van der Waals surface area contributed by atoms with E-state index in [2.05, 4.69) is 165 Å². The lowest BCUT2D eigenvalue weighted by atomic mass is 10.1. The second kappa shape index (κ2) is 57.8. The Labute approximate surface area is 480 Å². The second-order valence-corrected chi connectivity index (χ2v) is 22.7. The second-order valence-electron chi connectivity index (χ2n) is 21.3. The van der Waals surface area contributed by atoms with E-state index in [1.807, 2.05) is 27.2 Å². The van der Waals surface area contributed by atoms with Gasteiger partial charge in [0.2, 0.25) is 5.91 Å². The Kier molecular flexibility index (Phi) is 54.9. The predicted molar refractivity (Wildman–Crippen MR) is 338 cm³/mol. The van der Waals surface area contributed by atoms with Gasteiger partial charge in [-0.25, -0.2) is 0 Å². The number of carbonyl (C=O) groups excluding carboxylic acids is 1. The van der Waals surface area contributed by atoms with Crippen molar-refractivity contribution in [2.75, 3.05) is 40.9 Å². The van der Waals surface area contributed by atoms with Crippen LogP contribution in [0.15, 0.2) is 158 Å². The monoisotopic (exact) mass is 1100 g/mol. The van der Waals surface area contributed by atoms with Crippen LogP contribution in [0.4, 0.5) is 0 Å². The van der Waals surface area contributed by atoms with Crippen LogP contribution in [-0.4, -0.2) is 68.5 Å². The average molecular weight is 1100 g/mol. The maximum Gasteiger partial charge on any atom is 0.268 e. The number of amides is 1. The molecule has 1 amide bonds. The van der Waals surface area contributed by atoms with Crippen LogP contribution in [0.25, 0.3) is 0 Å². The first-order valence-corrected chi connectivity index (χ1v) is 32.3. The number of likely N-dealkylation sites (N-methyl/N-ethyl adjacent to an activating group) is 1. The molecule has 9 heteroatoms. The van der Waals surface area contributed by atoms with Crippen molar-refractivity contribution in [2.24, 2.45) is 0 Å². The number of phosphoric ester groups is 1. The number of aliphatic hydroxyl groups excluding tert-OH is 1. The van der Waals surface area contributed by atoms with Crippen molar-refractivity contribution in [2.45, 2.75) is 231 Å². The zero-order valence-electron chi connectivity index (χ0n) is 50.3. The van der Waals surface area contributed by atoms with Crippen molar-refractivity contribution in [1.82, 2.24) is 5.32 Å². The third-order valence-electron chi connectivity index (χ3n) is 12.7. The number of quaternary nitrogens is 1. The first-order chi connectivity index (χ1) is 38.0. The first kappa shape index (κ1) is 74.1. The van der Waals surface area contributed by atoms with Gasteiger partial charge in [0.1, 0.15) is 13.2 Å². The third kappa shape index (κ3) is 59.8. The number of nitrogens with one attached hydrogen (secondary N) is 1. The van der Waals surface area contributed by atoms with Crippen molar-refractivity contribution < 1.29 is 32.9 Å². The van der Waals surface area contributed by atoms with Gasteiger partial charge in [-0.3, -0.25) is 9.36 Å². The average Bonchev–Trinajstić information content (AvgIpc) is 3.40. The fourth-order valence-electron chi connectivity index (χ4n) is 7.94. The van der Waals surface area contributed by atoms with Gasteiger partial charge < -0.3 is 28.8 Å². The number of rotatable bonds is 54. The minimum Gasteiger partial charge on any atom is -0.756 e. The Morgan fingerprint density at radius 3 is 1.19 bits per heavy atom. The van der Waals surface area contributed by atoms with Crippen molar-refractivity contribution in [3.63, 3.8) is 0 Å². The van der Waals surface area contributed by atoms with Gasteiger partial charge in [-0.15, -0.1) is 0 Å². The fourth-order valence-corrected chi connectivity index (χ4v) is 8.66. The predicted octanol–water partition coefficient (Wildman–Crippen LogP) is 18.8. The van der Waals surface area contributed by atoms with Gasteiger partial charge in [-0.1, -0.05) is 255 Å². The molecule has 442 valence electrons. The van der Waals surface area contributed by atoms with Crippen molar-refractivity contribution in [1.29, 1.82) is 0 Å². The Morgan fingerprint density at radius 2 is 0.795 bits per heavy atom. The molecule has 0 aromatic heterocycles. The minimum absolute atomic E-state index is 0.0189. The summed E-state index contributed by atoms with van der Waals surface area (Å²) in [4.78, 5) is 25.5. The topological polar surface area (TPSA) is 108 Å². The maximum atomic E-state index is 13.0. The number of aliphatic hydroxyl groups is 1. The molecule has 2 N–H and O–H groups in total. The Hall–Kier alpha value is -3.88. The molecule has 0 fully saturated rings. The number of hydrogen-bond donors (Lipinski definition) is 2. The Balaban J connectivity index is 4.25. The molecule has 3 unspecified atom stereocenters. The summed E-state index contributed by atoms with van der Waals surface area (Å²) in [6.45, 7) is 4.48. The highest BCUT2D eigenvalue weighted by molar-refractivity contribution is 7.45. The molecule has 0 spiro atoms. The maximum absolute atomic E-state index is 13.0. The molecule has 0 aliphatic heterocycles. The van der Waals surface area contributed by atoms with Gasteiger partial charge in [0.25, 0.3) is 7.82 Å². The van der Waals surface area contributed by atoms with Gasteiger partial charge in [0.05, 0.1) is 39.9 Å². The zero-order valence-corrected chi connectivity index (χ0v) is 51.2. The SMILES string of the molecule is CC/C=C\C/C=C\C/C=C\C/C=C\C/C=C\C/C=C\C/C=C\C/C=C\C/C=C\C/C=C\C/C=C\CCCCCCCC(=O)NC(COP(=O)([O-])OCC[N+](C)(C)C)C(O)/C=C/CC/C=C/CCCCCCCCCCCCC. The van der Waals surface area contributed by atoms with E-state index in [0.29, 0.717) is 17.4 Å². The number of nitrogens with zero attached hydrogens (tertiary/aromatic N) is 1. The van der Waals surface area contributed by atoms with Crippen LogP contribution in [0.5, 0.6) is 0 Å². The quantitative estimate of drug-likeness (QED) is 0.0272. The van der Waals surface area contributed by atoms with E-state index in [-0.39, 0.29) is 12.5 Å². The largest absolute Gasteiger partial charge is 0.756 e. The van der Waals surface area contributed by atoms with E-state index in [0.717, 1.165) is 128 Å². The van der Waals surface area contributed by atoms with E-state index in [4.69, 9.17) is 9.05 Å². The molecule has 0 radical (unpaired) electrons. The molecule has 8 nitrogen and oxygen atoms in total. The molecule has 0 aliphatic rings. The molecule has 3 atom stereocenters. The number of unbranched alkanes of at least 4 members (excludes halogenated alkanes) is 17. The van der Waals surface area contributed by atoms with Gasteiger partial charge in [-0.2, -0.15) is 0 Å². The summed E-state index contributed by atoms with van der Waals surface area (Å²) < 4.78 is 23.3. The zero-order chi connectivity index (χ0) is 57.0. The summed E-state index contributed by atoms with van der Waals surface area (Å²) in [7, 11) is 1.21. The molecule has 0 heterocycles. The van der Waals surface area contributed by atoms with Crippen LogP contribution in [0.1, 0.15) is 219 Å². The standard InChI is InChI=1S/C69H115N2O6P/c1-6-8-10-12-14-16-18-20-22-24-25-26-27-28-29-30-31-32-33-34-35-36-37-38-39-40-41-42-43-44-45-47-49-51-53-55-57-59-61-63-69(73)70-67(66-77-78(74,75)76-65-64-71(3,4)5)68(72)62-60-58-56-54-52-50-48-46-23-21-19-17-15-13-11-9-7-2/h8,10,14,16,20,22,25-26,28-29,31-32,34-35,37-38,40-41,43-44,47,49,52,54,60,62,67-68,72H,6-7,9,11-13,15,17-19,21,23-24,27,30,33,36,39,42,45-46,48,50-51,53,55-59,61,63-66H2,1-5H3,(H-,70,73,74,75)/b10-8-,16-14-,22-20-,26-25-,29-28-,32-31-,35-34-,38-37-,41-40-,44-43-,49-47-,54-52+,62-60+. The third-order valence-corrected chi connectivity index (χ3v) is 13.7. The van der Waals surface area contributed by atoms with Crippen LogP contribution in [-0.2, 0) is 18.4 Å². The Morgan fingerprint density at radius 1 is 0.462 bits per heavy atom. The van der Waals surface area contributed by atoms with Crippen LogP contribution in [0, 0.1) is 0 Å². The molecule has 78 heavy (non-hydrogen) atoms. The van der Waals surface area contributed by atoms with E-state index < -0.39 is 26.6 Å². The molecule has 0 aliphatic carbocycles. The Bertz CT molecular complexity index is 1820. The molecular formula is C69H115N2O6P. The van der Waals surface area contributed by atoms with Gasteiger partial charge in [-0.05, 0) is 116 Å². The summed E-state index contributed by atoms with van der Waals surface area (Å²) in [5.74, 6) is -0.233. The normalized spacial score (nSPS) is 14.9. The lowest BCUT2D eigenvalue weighted by Crippen LogP contribution is -2.45. The molecule has 0 saturated heterocycles. The van der Waals surface area contributed by atoms with Crippen LogP contribution >= 0.6 is 7.82 Å². The van der Waals surface area contributed by atoms with Crippen molar-refractivity contribution in [3.05, 3.63) is 158 Å². The van der Waals surface area contributed by atoms with E-state index in [1.165, 1.54) is 70.6 Å². The summed E-state index contributed by atoms with van der Waals surface area (Å²) in [5, 5.41) is 13.8. The van der Waals surface area contributed by atoms with E-state index >= 15 is 0 Å². The van der Waals surface area contributed by atoms with Crippen LogP contribution in [0.3, 0.4) is 0 Å². The molecule has 0 aromatic carbocycles. The van der Waals surface area contributed by atoms with E-state index in [1.54, 1.807) is 6.08 Å². The highest BCUT2D eigenvalue weighted by atomic mass is 31.2. The summed E-state index contributed by atoms with van der Waals surface area (Å²) in [6, 6.07) is -0.926. The minimum atomic E-state index is -4.62. The van der Waals surface area contributed by atoms with Crippen LogP contribution in [0.2, 0.25) is 0 Å². The molecule has 0 bridgehead atoms. The van der Waals surface area contributed by atoms with Gasteiger partial charge in [0, 0.05) is 6.42 Å². The van der Waals surface area contributed by atoms with Gasteiger partial charge in [0.15, 0.2) is 0 Å². The number of carbonyl (C=O) groups is 1. The smallest absolute Gasteiger partial charge is 0.268 e.